The van der Waals surface area contributed by atoms with Crippen molar-refractivity contribution in [2.45, 2.75) is 32.7 Å². The molecule has 120 valence electrons. The van der Waals surface area contributed by atoms with Gasteiger partial charge < -0.3 is 19.5 Å². The molecule has 0 aliphatic rings. The molecule has 0 saturated heterocycles. The molecular formula is C16H28N2O3. The lowest BCUT2D eigenvalue weighted by Gasteiger charge is -2.10. The van der Waals surface area contributed by atoms with Gasteiger partial charge in [0, 0.05) is 38.4 Å². The minimum Gasteiger partial charge on any atom is -0.478 e. The highest BCUT2D eigenvalue weighted by Crippen LogP contribution is 2.14. The van der Waals surface area contributed by atoms with E-state index < -0.39 is 0 Å². The van der Waals surface area contributed by atoms with E-state index in [0.29, 0.717) is 32.3 Å². The van der Waals surface area contributed by atoms with Crippen molar-refractivity contribution in [2.24, 2.45) is 0 Å². The Morgan fingerprint density at radius 2 is 2.00 bits per heavy atom. The van der Waals surface area contributed by atoms with E-state index >= 15 is 0 Å². The van der Waals surface area contributed by atoms with Gasteiger partial charge in [-0.3, -0.25) is 0 Å². The molecular weight excluding hydrogens is 268 g/mol. The Labute approximate surface area is 128 Å². The minimum absolute atomic E-state index is 0.620. The normalized spacial score (nSPS) is 10.8. The van der Waals surface area contributed by atoms with E-state index in [-0.39, 0.29) is 0 Å². The molecule has 0 fully saturated rings. The van der Waals surface area contributed by atoms with E-state index in [1.54, 1.807) is 7.11 Å². The van der Waals surface area contributed by atoms with Crippen LogP contribution in [0.2, 0.25) is 0 Å². The third-order valence-electron chi connectivity index (χ3n) is 2.92. The number of nitrogens with zero attached hydrogens (tertiary/aromatic N) is 1. The fourth-order valence-electron chi connectivity index (χ4n) is 1.97. The van der Waals surface area contributed by atoms with Gasteiger partial charge in [-0.1, -0.05) is 13.3 Å². The van der Waals surface area contributed by atoms with E-state index in [0.717, 1.165) is 31.5 Å². The highest BCUT2D eigenvalue weighted by atomic mass is 16.5. The summed E-state index contributed by atoms with van der Waals surface area (Å²) in [7, 11) is 3.61. The van der Waals surface area contributed by atoms with Gasteiger partial charge in [-0.15, -0.1) is 0 Å². The van der Waals surface area contributed by atoms with E-state index in [9.17, 15) is 0 Å². The number of pyridine rings is 1. The smallest absolute Gasteiger partial charge is 0.213 e. The quantitative estimate of drug-likeness (QED) is 0.599. The monoisotopic (exact) mass is 296 g/mol. The van der Waals surface area contributed by atoms with Crippen molar-refractivity contribution in [2.75, 3.05) is 40.6 Å². The molecule has 0 aliphatic carbocycles. The highest BCUT2D eigenvalue weighted by Gasteiger charge is 2.03. The van der Waals surface area contributed by atoms with Crippen molar-refractivity contribution >= 4 is 0 Å². The lowest BCUT2D eigenvalue weighted by molar-refractivity contribution is 0.0642. The first-order valence-corrected chi connectivity index (χ1v) is 7.64. The number of hydrogen-bond donors (Lipinski definition) is 1. The van der Waals surface area contributed by atoms with Crippen LogP contribution in [-0.2, 0) is 22.4 Å². The van der Waals surface area contributed by atoms with Gasteiger partial charge in [0.15, 0.2) is 0 Å². The fraction of sp³-hybridized carbons (Fsp3) is 0.688. The molecule has 0 bridgehead atoms. The first-order valence-electron chi connectivity index (χ1n) is 7.64. The van der Waals surface area contributed by atoms with Crippen LogP contribution >= 0.6 is 0 Å². The SMILES string of the molecule is CCCc1cc(CNC)cc(OCCCOCCOC)n1. The van der Waals surface area contributed by atoms with Gasteiger partial charge in [0.05, 0.1) is 19.8 Å². The van der Waals surface area contributed by atoms with E-state index in [4.69, 9.17) is 14.2 Å². The van der Waals surface area contributed by atoms with Crippen LogP contribution in [0.25, 0.3) is 0 Å². The fourth-order valence-corrected chi connectivity index (χ4v) is 1.97. The lowest BCUT2D eigenvalue weighted by atomic mass is 10.1. The molecule has 5 nitrogen and oxygen atoms in total. The number of ether oxygens (including phenoxy) is 3. The summed E-state index contributed by atoms with van der Waals surface area (Å²) in [4.78, 5) is 4.54. The van der Waals surface area contributed by atoms with Crippen molar-refractivity contribution in [3.8, 4) is 5.88 Å². The molecule has 0 amide bonds. The Hall–Kier alpha value is -1.17. The molecule has 21 heavy (non-hydrogen) atoms. The average Bonchev–Trinajstić information content (AvgIpc) is 2.47. The Bertz CT molecular complexity index is 362. The van der Waals surface area contributed by atoms with Crippen LogP contribution in [0, 0.1) is 0 Å². The zero-order valence-corrected chi connectivity index (χ0v) is 13.5. The first kappa shape index (κ1) is 17.9. The number of rotatable bonds is 12. The second kappa shape index (κ2) is 11.5. The number of methoxy groups -OCH3 is 1. The van der Waals surface area contributed by atoms with Crippen LogP contribution in [0.3, 0.4) is 0 Å². The summed E-state index contributed by atoms with van der Waals surface area (Å²) in [5, 5.41) is 3.16. The van der Waals surface area contributed by atoms with Crippen LogP contribution in [-0.4, -0.2) is 45.6 Å². The van der Waals surface area contributed by atoms with Crippen molar-refractivity contribution in [3.05, 3.63) is 23.4 Å². The highest BCUT2D eigenvalue weighted by molar-refractivity contribution is 5.25. The zero-order chi connectivity index (χ0) is 15.3. The van der Waals surface area contributed by atoms with E-state index in [2.05, 4.69) is 23.3 Å². The van der Waals surface area contributed by atoms with Gasteiger partial charge >= 0.3 is 0 Å². The molecule has 0 aromatic carbocycles. The van der Waals surface area contributed by atoms with Crippen molar-refractivity contribution in [1.29, 1.82) is 0 Å². The summed E-state index contributed by atoms with van der Waals surface area (Å²) >= 11 is 0. The molecule has 1 aromatic heterocycles. The molecule has 0 unspecified atom stereocenters. The van der Waals surface area contributed by atoms with Crippen LogP contribution in [0.5, 0.6) is 5.88 Å². The van der Waals surface area contributed by atoms with Crippen LogP contribution in [0.4, 0.5) is 0 Å². The number of aromatic nitrogens is 1. The maximum absolute atomic E-state index is 5.74. The standard InChI is InChI=1S/C16H28N2O3/c1-4-6-15-11-14(13-17-2)12-16(18-15)21-8-5-7-20-10-9-19-3/h11-12,17H,4-10,13H2,1-3H3. The van der Waals surface area contributed by atoms with E-state index in [1.807, 2.05) is 13.1 Å². The van der Waals surface area contributed by atoms with Crippen molar-refractivity contribution in [1.82, 2.24) is 10.3 Å². The van der Waals surface area contributed by atoms with Crippen LogP contribution < -0.4 is 10.1 Å². The number of nitrogens with one attached hydrogen (secondary N) is 1. The van der Waals surface area contributed by atoms with Gasteiger partial charge in [-0.05, 0) is 25.1 Å². The first-order chi connectivity index (χ1) is 10.3. The van der Waals surface area contributed by atoms with Crippen LogP contribution in [0.1, 0.15) is 31.0 Å². The van der Waals surface area contributed by atoms with Gasteiger partial charge in [-0.2, -0.15) is 0 Å². The summed E-state index contributed by atoms with van der Waals surface area (Å²) in [6, 6.07) is 4.14. The van der Waals surface area contributed by atoms with Gasteiger partial charge in [0.1, 0.15) is 0 Å². The number of hydrogen-bond acceptors (Lipinski definition) is 5. The predicted molar refractivity (Wildman–Crippen MR) is 83.8 cm³/mol. The summed E-state index contributed by atoms with van der Waals surface area (Å²) in [6.07, 6.45) is 2.92. The summed E-state index contributed by atoms with van der Waals surface area (Å²) in [5.74, 6) is 0.711. The molecule has 1 N–H and O–H groups in total. The second-order valence-corrected chi connectivity index (χ2v) is 4.89. The third-order valence-corrected chi connectivity index (χ3v) is 2.92. The predicted octanol–water partition coefficient (Wildman–Crippen LogP) is 2.19. The molecule has 5 heteroatoms. The maximum atomic E-state index is 5.74. The minimum atomic E-state index is 0.620. The summed E-state index contributed by atoms with van der Waals surface area (Å²) in [6.45, 7) is 5.55. The number of aryl methyl sites for hydroxylation is 1. The van der Waals surface area contributed by atoms with Crippen molar-refractivity contribution < 1.29 is 14.2 Å². The molecule has 0 saturated carbocycles. The van der Waals surface area contributed by atoms with Gasteiger partial charge in [0.2, 0.25) is 5.88 Å². The average molecular weight is 296 g/mol. The summed E-state index contributed by atoms with van der Waals surface area (Å²) in [5.41, 5.74) is 2.30. The molecule has 1 aromatic rings. The van der Waals surface area contributed by atoms with Crippen LogP contribution in [0.15, 0.2) is 12.1 Å². The van der Waals surface area contributed by atoms with Gasteiger partial charge in [-0.25, -0.2) is 4.98 Å². The Balaban J connectivity index is 2.38. The maximum Gasteiger partial charge on any atom is 0.213 e. The topological polar surface area (TPSA) is 52.6 Å². The van der Waals surface area contributed by atoms with Crippen molar-refractivity contribution in [3.63, 3.8) is 0 Å². The molecule has 1 heterocycles. The summed E-state index contributed by atoms with van der Waals surface area (Å²) < 4.78 is 16.1. The second-order valence-electron chi connectivity index (χ2n) is 4.89. The third kappa shape index (κ3) is 7.99. The Kier molecular flexibility index (Phi) is 9.78. The molecule has 1 rings (SSSR count). The molecule has 0 atom stereocenters. The van der Waals surface area contributed by atoms with E-state index in [1.165, 1.54) is 5.56 Å². The molecule has 0 spiro atoms. The zero-order valence-electron chi connectivity index (χ0n) is 13.5. The van der Waals surface area contributed by atoms with Gasteiger partial charge in [0.25, 0.3) is 0 Å². The Morgan fingerprint density at radius 3 is 2.71 bits per heavy atom. The molecule has 0 radical (unpaired) electrons. The Morgan fingerprint density at radius 1 is 1.14 bits per heavy atom. The largest absolute Gasteiger partial charge is 0.478 e. The lowest BCUT2D eigenvalue weighted by Crippen LogP contribution is -2.09. The molecule has 0 aliphatic heterocycles.